The van der Waals surface area contributed by atoms with Crippen LogP contribution in [0.15, 0.2) is 23.1 Å². The molecule has 2 aliphatic rings. The average molecular weight is 476 g/mol. The number of amides is 2. The monoisotopic (exact) mass is 475 g/mol. The Morgan fingerprint density at radius 2 is 1.75 bits per heavy atom. The van der Waals surface area contributed by atoms with Crippen LogP contribution >= 0.6 is 11.7 Å². The van der Waals surface area contributed by atoms with Gasteiger partial charge in [-0.25, -0.2) is 8.42 Å². The summed E-state index contributed by atoms with van der Waals surface area (Å²) in [7, 11) is -3.71. The molecule has 0 unspecified atom stereocenters. The molecule has 0 aliphatic carbocycles. The normalized spacial score (nSPS) is 18.8. The van der Waals surface area contributed by atoms with Gasteiger partial charge in [0.25, 0.3) is 5.91 Å². The van der Waals surface area contributed by atoms with Crippen LogP contribution in [-0.2, 0) is 19.6 Å². The van der Waals surface area contributed by atoms with Gasteiger partial charge in [-0.15, -0.1) is 0 Å². The molecule has 0 N–H and O–H groups in total. The van der Waals surface area contributed by atoms with Crippen molar-refractivity contribution in [3.63, 3.8) is 0 Å². The molecule has 0 bridgehead atoms. The molecule has 2 saturated heterocycles. The first-order valence-corrected chi connectivity index (χ1v) is 12.8. The van der Waals surface area contributed by atoms with E-state index >= 15 is 0 Å². The summed E-state index contributed by atoms with van der Waals surface area (Å²) in [5.74, 6) is 4.81. The number of hydrogen-bond donors (Lipinski definition) is 0. The molecule has 11 heteroatoms. The molecule has 3 heterocycles. The number of benzene rings is 1. The molecule has 170 valence electrons. The van der Waals surface area contributed by atoms with Crippen molar-refractivity contribution < 1.29 is 18.0 Å². The number of aromatic nitrogens is 2. The zero-order valence-corrected chi connectivity index (χ0v) is 19.5. The largest absolute Gasteiger partial charge is 0.341 e. The van der Waals surface area contributed by atoms with E-state index in [4.69, 9.17) is 0 Å². The summed E-state index contributed by atoms with van der Waals surface area (Å²) in [5.41, 5.74) is 0.965. The lowest BCUT2D eigenvalue weighted by molar-refractivity contribution is -0.137. The number of fused-ring (bicyclic) bond motifs is 1. The van der Waals surface area contributed by atoms with Crippen molar-refractivity contribution in [1.82, 2.24) is 22.9 Å². The van der Waals surface area contributed by atoms with Crippen LogP contribution in [0, 0.1) is 17.8 Å². The van der Waals surface area contributed by atoms with Crippen LogP contribution in [0.4, 0.5) is 0 Å². The molecule has 4 rings (SSSR count). The van der Waals surface area contributed by atoms with Crippen molar-refractivity contribution in [1.29, 1.82) is 0 Å². The van der Waals surface area contributed by atoms with E-state index in [9.17, 15) is 18.0 Å². The number of carbonyl (C=O) groups excluding carboxylic acids is 2. The van der Waals surface area contributed by atoms with Gasteiger partial charge in [0, 0.05) is 45.2 Å². The van der Waals surface area contributed by atoms with Gasteiger partial charge in [-0.1, -0.05) is 12.0 Å². The number of nitrogens with zero attached hydrogens (tertiary/aromatic N) is 5. The minimum Gasteiger partial charge on any atom is -0.341 e. The Morgan fingerprint density at radius 1 is 1.03 bits per heavy atom. The van der Waals surface area contributed by atoms with Crippen LogP contribution in [-0.4, -0.2) is 82.4 Å². The third-order valence-corrected chi connectivity index (χ3v) is 8.47. The minimum atomic E-state index is -3.71. The molecular formula is C21H25N5O4S2. The summed E-state index contributed by atoms with van der Waals surface area (Å²) >= 11 is 0.991. The number of piperidine rings is 1. The van der Waals surface area contributed by atoms with E-state index < -0.39 is 10.0 Å². The summed E-state index contributed by atoms with van der Waals surface area (Å²) in [6, 6.07) is 4.98. The van der Waals surface area contributed by atoms with Gasteiger partial charge in [-0.2, -0.15) is 13.1 Å². The van der Waals surface area contributed by atoms with Gasteiger partial charge in [0.1, 0.15) is 15.9 Å². The SMILES string of the molecule is CC#CC(=O)N1CCCN(C(=O)C2CCN(S(=O)(=O)c3cccc4nsnc34)CC2)CC1. The van der Waals surface area contributed by atoms with E-state index in [1.54, 1.807) is 30.0 Å². The van der Waals surface area contributed by atoms with Crippen LogP contribution in [0.2, 0.25) is 0 Å². The highest BCUT2D eigenvalue weighted by Gasteiger charge is 2.35. The molecule has 2 aliphatic heterocycles. The zero-order valence-electron chi connectivity index (χ0n) is 17.9. The van der Waals surface area contributed by atoms with Crippen LogP contribution in [0.3, 0.4) is 0 Å². The smallest absolute Gasteiger partial charge is 0.298 e. The Labute approximate surface area is 191 Å². The molecule has 1 aromatic carbocycles. The van der Waals surface area contributed by atoms with Crippen molar-refractivity contribution in [3.05, 3.63) is 18.2 Å². The van der Waals surface area contributed by atoms with E-state index in [1.807, 2.05) is 4.90 Å². The standard InChI is InChI=1S/C21H25N5O4S2/c1-2-5-19(27)24-10-4-11-25(15-14-24)21(28)16-8-12-26(13-9-16)32(29,30)18-7-3-6-17-20(18)23-31-22-17/h3,6-7,16H,4,8-15H2,1H3. The third kappa shape index (κ3) is 4.48. The Bertz CT molecular complexity index is 1180. The number of sulfonamides is 1. The van der Waals surface area contributed by atoms with Crippen LogP contribution in [0.25, 0.3) is 11.0 Å². The summed E-state index contributed by atoms with van der Waals surface area (Å²) in [5, 5.41) is 0. The molecule has 0 spiro atoms. The van der Waals surface area contributed by atoms with Crippen LogP contribution in [0.5, 0.6) is 0 Å². The summed E-state index contributed by atoms with van der Waals surface area (Å²) < 4.78 is 36.1. The summed E-state index contributed by atoms with van der Waals surface area (Å²) in [4.78, 5) is 28.8. The second-order valence-electron chi connectivity index (χ2n) is 7.91. The van der Waals surface area contributed by atoms with Crippen LogP contribution in [0.1, 0.15) is 26.2 Å². The average Bonchev–Trinajstić information content (AvgIpc) is 3.15. The van der Waals surface area contributed by atoms with Crippen molar-refractivity contribution in [3.8, 4) is 11.8 Å². The van der Waals surface area contributed by atoms with Gasteiger partial charge in [0.2, 0.25) is 15.9 Å². The Balaban J connectivity index is 1.38. The first kappa shape index (κ1) is 22.6. The highest BCUT2D eigenvalue weighted by atomic mass is 32.2. The third-order valence-electron chi connectivity index (χ3n) is 6.00. The van der Waals surface area contributed by atoms with Gasteiger partial charge in [0.05, 0.1) is 11.7 Å². The molecule has 2 amide bonds. The van der Waals surface area contributed by atoms with Crippen molar-refractivity contribution >= 4 is 44.6 Å². The number of carbonyl (C=O) groups is 2. The van der Waals surface area contributed by atoms with E-state index in [1.165, 1.54) is 4.31 Å². The predicted octanol–water partition coefficient (Wildman–Crippen LogP) is 1.18. The topological polar surface area (TPSA) is 104 Å². The number of rotatable bonds is 3. The molecule has 2 aromatic rings. The molecule has 0 atom stereocenters. The molecule has 0 saturated carbocycles. The van der Waals surface area contributed by atoms with Crippen molar-refractivity contribution in [2.75, 3.05) is 39.3 Å². The zero-order chi connectivity index (χ0) is 22.7. The fourth-order valence-corrected chi connectivity index (χ4v) is 6.48. The van der Waals surface area contributed by atoms with Gasteiger partial charge in [-0.3, -0.25) is 9.59 Å². The van der Waals surface area contributed by atoms with Gasteiger partial charge in [0.15, 0.2) is 0 Å². The van der Waals surface area contributed by atoms with Crippen molar-refractivity contribution in [2.24, 2.45) is 5.92 Å². The van der Waals surface area contributed by atoms with E-state index in [0.717, 1.165) is 11.7 Å². The first-order valence-electron chi connectivity index (χ1n) is 10.6. The molecular weight excluding hydrogens is 450 g/mol. The Morgan fingerprint density at radius 3 is 2.50 bits per heavy atom. The Hall–Kier alpha value is -2.55. The van der Waals surface area contributed by atoms with Gasteiger partial charge < -0.3 is 9.80 Å². The molecule has 9 nitrogen and oxygen atoms in total. The van der Waals surface area contributed by atoms with E-state index in [2.05, 4.69) is 20.6 Å². The van der Waals surface area contributed by atoms with Crippen LogP contribution < -0.4 is 0 Å². The molecule has 32 heavy (non-hydrogen) atoms. The fraction of sp³-hybridized carbons (Fsp3) is 0.524. The first-order chi connectivity index (χ1) is 15.4. The summed E-state index contributed by atoms with van der Waals surface area (Å²) in [6.07, 6.45) is 1.66. The quantitative estimate of drug-likeness (QED) is 0.618. The Kier molecular flexibility index (Phi) is 6.74. The molecule has 2 fully saturated rings. The maximum atomic E-state index is 13.2. The number of hydrogen-bond acceptors (Lipinski definition) is 7. The van der Waals surface area contributed by atoms with E-state index in [0.29, 0.717) is 56.5 Å². The predicted molar refractivity (Wildman–Crippen MR) is 120 cm³/mol. The lowest BCUT2D eigenvalue weighted by Crippen LogP contribution is -2.45. The van der Waals surface area contributed by atoms with Gasteiger partial charge in [-0.05, 0) is 44.2 Å². The minimum absolute atomic E-state index is 0.0451. The molecule has 1 aromatic heterocycles. The van der Waals surface area contributed by atoms with Crippen molar-refractivity contribution in [2.45, 2.75) is 31.1 Å². The fourth-order valence-electron chi connectivity index (χ4n) is 4.26. The second kappa shape index (κ2) is 9.52. The lowest BCUT2D eigenvalue weighted by atomic mass is 9.96. The highest BCUT2D eigenvalue weighted by molar-refractivity contribution is 7.89. The lowest BCUT2D eigenvalue weighted by Gasteiger charge is -2.33. The van der Waals surface area contributed by atoms with E-state index in [-0.39, 0.29) is 35.7 Å². The second-order valence-corrected chi connectivity index (χ2v) is 10.3. The highest BCUT2D eigenvalue weighted by Crippen LogP contribution is 2.29. The maximum absolute atomic E-state index is 13.2. The molecule has 0 radical (unpaired) electrons. The summed E-state index contributed by atoms with van der Waals surface area (Å²) in [6.45, 7) is 4.34. The van der Waals surface area contributed by atoms with Gasteiger partial charge >= 0.3 is 0 Å². The maximum Gasteiger partial charge on any atom is 0.298 e.